The lowest BCUT2D eigenvalue weighted by molar-refractivity contribution is 0.197. The highest BCUT2D eigenvalue weighted by Crippen LogP contribution is 2.22. The van der Waals surface area contributed by atoms with Crippen LogP contribution in [0.4, 0.5) is 5.69 Å². The number of aliphatic imine (C=N–C) groups is 1. The van der Waals surface area contributed by atoms with Crippen LogP contribution < -0.4 is 15.0 Å². The Kier molecular flexibility index (Phi) is 10.6. The lowest BCUT2D eigenvalue weighted by Gasteiger charge is -2.37. The average Bonchev–Trinajstić information content (AvgIpc) is 2.64. The minimum Gasteiger partial charge on any atom is -0.497 e. The molecule has 1 fully saturated rings. The molecule has 0 unspecified atom stereocenters. The number of ether oxygens (including phenoxy) is 2. The maximum Gasteiger partial charge on any atom is 0.194 e. The predicted molar refractivity (Wildman–Crippen MR) is 115 cm³/mol. The highest BCUT2D eigenvalue weighted by Gasteiger charge is 2.20. The molecule has 7 heteroatoms. The first-order valence-corrected chi connectivity index (χ1v) is 8.69. The molecule has 0 atom stereocenters. The van der Waals surface area contributed by atoms with Crippen molar-refractivity contribution in [1.82, 2.24) is 10.2 Å². The van der Waals surface area contributed by atoms with Gasteiger partial charge in [0.25, 0.3) is 0 Å². The minimum absolute atomic E-state index is 0. The van der Waals surface area contributed by atoms with Gasteiger partial charge in [-0.05, 0) is 25.5 Å². The van der Waals surface area contributed by atoms with Crippen LogP contribution in [0.2, 0.25) is 0 Å². The number of methoxy groups -OCH3 is 2. The SMILES string of the molecule is CCNC(=NCCCOC)N1CCN(c2cccc(OC)c2)CC1.I. The van der Waals surface area contributed by atoms with Gasteiger partial charge in [-0.3, -0.25) is 4.99 Å². The van der Waals surface area contributed by atoms with Crippen molar-refractivity contribution in [2.24, 2.45) is 4.99 Å². The summed E-state index contributed by atoms with van der Waals surface area (Å²) in [5.74, 6) is 1.92. The summed E-state index contributed by atoms with van der Waals surface area (Å²) >= 11 is 0. The van der Waals surface area contributed by atoms with Crippen LogP contribution in [-0.2, 0) is 4.74 Å². The molecular formula is C18H31IN4O2. The third kappa shape index (κ3) is 6.89. The number of hydrogen-bond acceptors (Lipinski definition) is 4. The fraction of sp³-hybridized carbons (Fsp3) is 0.611. The fourth-order valence-corrected chi connectivity index (χ4v) is 2.80. The summed E-state index contributed by atoms with van der Waals surface area (Å²) < 4.78 is 10.4. The molecule has 1 aromatic rings. The Bertz CT molecular complexity index is 520. The molecule has 142 valence electrons. The first-order valence-electron chi connectivity index (χ1n) is 8.69. The molecule has 1 aromatic carbocycles. The number of halogens is 1. The zero-order valence-electron chi connectivity index (χ0n) is 15.5. The number of hydrogen-bond donors (Lipinski definition) is 1. The van der Waals surface area contributed by atoms with Crippen molar-refractivity contribution < 1.29 is 9.47 Å². The molecule has 0 saturated carbocycles. The summed E-state index contributed by atoms with van der Waals surface area (Å²) in [5.41, 5.74) is 1.22. The van der Waals surface area contributed by atoms with E-state index in [4.69, 9.17) is 14.5 Å². The lowest BCUT2D eigenvalue weighted by Crippen LogP contribution is -2.52. The highest BCUT2D eigenvalue weighted by molar-refractivity contribution is 14.0. The van der Waals surface area contributed by atoms with E-state index in [0.717, 1.165) is 64.0 Å². The fourth-order valence-electron chi connectivity index (χ4n) is 2.80. The summed E-state index contributed by atoms with van der Waals surface area (Å²) in [6, 6.07) is 8.26. The Morgan fingerprint density at radius 3 is 2.60 bits per heavy atom. The van der Waals surface area contributed by atoms with Crippen LogP contribution >= 0.6 is 24.0 Å². The van der Waals surface area contributed by atoms with E-state index < -0.39 is 0 Å². The van der Waals surface area contributed by atoms with Gasteiger partial charge in [0.1, 0.15) is 5.75 Å². The second-order valence-corrected chi connectivity index (χ2v) is 5.76. The summed E-state index contributed by atoms with van der Waals surface area (Å²) in [5, 5.41) is 3.40. The Morgan fingerprint density at radius 2 is 1.96 bits per heavy atom. The molecule has 1 aliphatic rings. The van der Waals surface area contributed by atoms with Crippen LogP contribution in [0.3, 0.4) is 0 Å². The maximum atomic E-state index is 5.32. The Morgan fingerprint density at radius 1 is 1.20 bits per heavy atom. The normalized spacial score (nSPS) is 14.9. The molecule has 0 spiro atoms. The van der Waals surface area contributed by atoms with E-state index in [2.05, 4.69) is 34.2 Å². The van der Waals surface area contributed by atoms with Crippen LogP contribution in [-0.4, -0.2) is 71.0 Å². The second-order valence-electron chi connectivity index (χ2n) is 5.76. The zero-order valence-corrected chi connectivity index (χ0v) is 17.9. The van der Waals surface area contributed by atoms with Crippen molar-refractivity contribution in [3.8, 4) is 5.75 Å². The molecular weight excluding hydrogens is 431 g/mol. The molecule has 0 aliphatic carbocycles. The van der Waals surface area contributed by atoms with Crippen molar-refractivity contribution in [2.75, 3.05) is 65.0 Å². The average molecular weight is 462 g/mol. The van der Waals surface area contributed by atoms with Gasteiger partial charge in [-0.25, -0.2) is 0 Å². The molecule has 1 saturated heterocycles. The van der Waals surface area contributed by atoms with Gasteiger partial charge in [0, 0.05) is 64.7 Å². The molecule has 1 aliphatic heterocycles. The molecule has 1 N–H and O–H groups in total. The van der Waals surface area contributed by atoms with E-state index in [-0.39, 0.29) is 24.0 Å². The van der Waals surface area contributed by atoms with Gasteiger partial charge in [0.05, 0.1) is 7.11 Å². The van der Waals surface area contributed by atoms with Gasteiger partial charge in [-0.1, -0.05) is 6.07 Å². The quantitative estimate of drug-likeness (QED) is 0.292. The molecule has 25 heavy (non-hydrogen) atoms. The predicted octanol–water partition coefficient (Wildman–Crippen LogP) is 2.44. The summed E-state index contributed by atoms with van der Waals surface area (Å²) in [4.78, 5) is 9.45. The van der Waals surface area contributed by atoms with Gasteiger partial charge in [0.15, 0.2) is 5.96 Å². The number of guanidine groups is 1. The number of anilines is 1. The number of benzene rings is 1. The van der Waals surface area contributed by atoms with Gasteiger partial charge in [0.2, 0.25) is 0 Å². The van der Waals surface area contributed by atoms with Gasteiger partial charge < -0.3 is 24.6 Å². The van der Waals surface area contributed by atoms with Gasteiger partial charge in [-0.2, -0.15) is 0 Å². The lowest BCUT2D eigenvalue weighted by atomic mass is 10.2. The maximum absolute atomic E-state index is 5.32. The standard InChI is InChI=1S/C18H30N4O2.HI/c1-4-19-18(20-9-6-14-23-2)22-12-10-21(11-13-22)16-7-5-8-17(15-16)24-3;/h5,7-8,15H,4,6,9-14H2,1-3H3,(H,19,20);1H. The molecule has 0 amide bonds. The second kappa shape index (κ2) is 12.2. The summed E-state index contributed by atoms with van der Waals surface area (Å²) in [6.45, 7) is 8.45. The molecule has 0 aromatic heterocycles. The molecule has 6 nitrogen and oxygen atoms in total. The number of piperazine rings is 1. The van der Waals surface area contributed by atoms with E-state index in [1.54, 1.807) is 14.2 Å². The van der Waals surface area contributed by atoms with Crippen LogP contribution in [0.5, 0.6) is 5.75 Å². The van der Waals surface area contributed by atoms with Crippen molar-refractivity contribution in [2.45, 2.75) is 13.3 Å². The first kappa shape index (κ1) is 21.8. The van der Waals surface area contributed by atoms with Crippen molar-refractivity contribution in [3.63, 3.8) is 0 Å². The Labute approximate surface area is 168 Å². The monoisotopic (exact) mass is 462 g/mol. The van der Waals surface area contributed by atoms with Crippen molar-refractivity contribution in [1.29, 1.82) is 0 Å². The van der Waals surface area contributed by atoms with Crippen LogP contribution in [0.25, 0.3) is 0 Å². The van der Waals surface area contributed by atoms with E-state index in [9.17, 15) is 0 Å². The number of rotatable bonds is 7. The van der Waals surface area contributed by atoms with E-state index >= 15 is 0 Å². The Balaban J connectivity index is 0.00000312. The topological polar surface area (TPSA) is 49.3 Å². The number of nitrogens with zero attached hydrogens (tertiary/aromatic N) is 3. The Hall–Kier alpha value is -1.22. The smallest absolute Gasteiger partial charge is 0.194 e. The van der Waals surface area contributed by atoms with E-state index in [0.29, 0.717) is 0 Å². The van der Waals surface area contributed by atoms with Crippen molar-refractivity contribution in [3.05, 3.63) is 24.3 Å². The molecule has 0 radical (unpaired) electrons. The zero-order chi connectivity index (χ0) is 17.2. The van der Waals surface area contributed by atoms with Crippen molar-refractivity contribution >= 4 is 35.6 Å². The largest absolute Gasteiger partial charge is 0.497 e. The summed E-state index contributed by atoms with van der Waals surface area (Å²) in [6.07, 6.45) is 0.954. The third-order valence-corrected chi connectivity index (χ3v) is 4.10. The first-order chi connectivity index (χ1) is 11.8. The number of nitrogens with one attached hydrogen (secondary N) is 1. The highest BCUT2D eigenvalue weighted by atomic mass is 127. The van der Waals surface area contributed by atoms with Crippen LogP contribution in [0, 0.1) is 0 Å². The summed E-state index contributed by atoms with van der Waals surface area (Å²) in [7, 11) is 3.44. The van der Waals surface area contributed by atoms with Crippen LogP contribution in [0.1, 0.15) is 13.3 Å². The molecule has 1 heterocycles. The third-order valence-electron chi connectivity index (χ3n) is 4.10. The van der Waals surface area contributed by atoms with Crippen LogP contribution in [0.15, 0.2) is 29.3 Å². The van der Waals surface area contributed by atoms with E-state index in [1.807, 2.05) is 12.1 Å². The van der Waals surface area contributed by atoms with Gasteiger partial charge in [-0.15, -0.1) is 24.0 Å². The minimum atomic E-state index is 0. The van der Waals surface area contributed by atoms with E-state index in [1.165, 1.54) is 5.69 Å². The molecule has 0 bridgehead atoms. The van der Waals surface area contributed by atoms with Gasteiger partial charge >= 0.3 is 0 Å². The molecule has 2 rings (SSSR count).